The van der Waals surface area contributed by atoms with Gasteiger partial charge in [-0.05, 0) is 49.1 Å². The van der Waals surface area contributed by atoms with E-state index in [2.05, 4.69) is 4.72 Å². The molecule has 1 aliphatic heterocycles. The van der Waals surface area contributed by atoms with Gasteiger partial charge in [-0.2, -0.15) is 8.42 Å². The topological polar surface area (TPSA) is 49.4 Å². The fourth-order valence-electron chi connectivity index (χ4n) is 2.66. The van der Waals surface area contributed by atoms with Gasteiger partial charge < -0.3 is 0 Å². The highest BCUT2D eigenvalue weighted by molar-refractivity contribution is 7.94. The van der Waals surface area contributed by atoms with E-state index >= 15 is 0 Å². The van der Waals surface area contributed by atoms with E-state index in [-0.39, 0.29) is 0 Å². The smallest absolute Gasteiger partial charge is 0.267 e. The van der Waals surface area contributed by atoms with Crippen molar-refractivity contribution in [1.82, 2.24) is 0 Å². The number of benzene rings is 2. The summed E-state index contributed by atoms with van der Waals surface area (Å²) in [5, 5.41) is 0. The number of hydrogen-bond donors (Lipinski definition) is 1. The zero-order valence-corrected chi connectivity index (χ0v) is 12.7. The maximum Gasteiger partial charge on any atom is 0.323 e. The third kappa shape index (κ3) is 2.88. The summed E-state index contributed by atoms with van der Waals surface area (Å²) >= 11 is 0. The highest BCUT2D eigenvalue weighted by Crippen LogP contribution is 2.29. The number of aryl methyl sites for hydroxylation is 2. The van der Waals surface area contributed by atoms with Crippen LogP contribution in [-0.2, 0) is 16.6 Å². The minimum Gasteiger partial charge on any atom is -0.267 e. The van der Waals surface area contributed by atoms with Crippen LogP contribution in [0.2, 0.25) is 0 Å². The molecule has 2 aromatic rings. The Labute approximate surface area is 125 Å². The first-order chi connectivity index (χ1) is 10.1. The van der Waals surface area contributed by atoms with Crippen LogP contribution in [0.25, 0.3) is 0 Å². The van der Waals surface area contributed by atoms with Gasteiger partial charge in [0, 0.05) is 6.54 Å². The van der Waals surface area contributed by atoms with E-state index in [4.69, 9.17) is 0 Å². The molecule has 0 amide bonds. The van der Waals surface area contributed by atoms with Crippen molar-refractivity contribution in [2.45, 2.75) is 19.8 Å². The van der Waals surface area contributed by atoms with Crippen LogP contribution in [0.1, 0.15) is 17.5 Å². The number of anilines is 2. The van der Waals surface area contributed by atoms with E-state index in [1.165, 1.54) is 4.31 Å². The molecule has 0 saturated carbocycles. The molecule has 0 spiro atoms. The molecule has 0 aliphatic carbocycles. The van der Waals surface area contributed by atoms with E-state index in [0.29, 0.717) is 12.2 Å². The highest BCUT2D eigenvalue weighted by atomic mass is 32.2. The van der Waals surface area contributed by atoms with Gasteiger partial charge in [0.25, 0.3) is 0 Å². The van der Waals surface area contributed by atoms with E-state index in [1.54, 1.807) is 6.07 Å². The lowest BCUT2D eigenvalue weighted by Crippen LogP contribution is -2.39. The first-order valence-corrected chi connectivity index (χ1v) is 8.45. The molecule has 0 unspecified atom stereocenters. The van der Waals surface area contributed by atoms with Gasteiger partial charge in [0.05, 0.1) is 11.4 Å². The second kappa shape index (κ2) is 5.41. The van der Waals surface area contributed by atoms with Crippen molar-refractivity contribution in [2.75, 3.05) is 15.6 Å². The first kappa shape index (κ1) is 13.9. The van der Waals surface area contributed by atoms with Crippen molar-refractivity contribution in [2.24, 2.45) is 0 Å². The highest BCUT2D eigenvalue weighted by Gasteiger charge is 2.27. The number of nitrogens with zero attached hydrogens (tertiary/aromatic N) is 1. The molecule has 0 aromatic heterocycles. The van der Waals surface area contributed by atoms with Crippen molar-refractivity contribution in [3.05, 3.63) is 59.7 Å². The summed E-state index contributed by atoms with van der Waals surface area (Å²) in [6.45, 7) is 2.45. The molecular formula is C16H18N2O2S. The zero-order valence-electron chi connectivity index (χ0n) is 11.9. The summed E-state index contributed by atoms with van der Waals surface area (Å²) in [4.78, 5) is 0. The number of fused-ring (bicyclic) bond motifs is 1. The predicted molar refractivity (Wildman–Crippen MR) is 85.8 cm³/mol. The molecule has 3 rings (SSSR count). The maximum absolute atomic E-state index is 12.6. The van der Waals surface area contributed by atoms with Gasteiger partial charge in [-0.25, -0.2) is 0 Å². The molecule has 0 bridgehead atoms. The number of para-hydroxylation sites is 1. The van der Waals surface area contributed by atoms with Gasteiger partial charge in [0.15, 0.2) is 0 Å². The van der Waals surface area contributed by atoms with Gasteiger partial charge in [0.2, 0.25) is 0 Å². The Kier molecular flexibility index (Phi) is 3.59. The van der Waals surface area contributed by atoms with Crippen molar-refractivity contribution < 1.29 is 8.42 Å². The van der Waals surface area contributed by atoms with Crippen molar-refractivity contribution in [3.8, 4) is 0 Å². The van der Waals surface area contributed by atoms with Crippen molar-refractivity contribution in [1.29, 1.82) is 0 Å². The summed E-state index contributed by atoms with van der Waals surface area (Å²) in [5.41, 5.74) is 3.48. The van der Waals surface area contributed by atoms with Crippen molar-refractivity contribution in [3.63, 3.8) is 0 Å². The van der Waals surface area contributed by atoms with E-state index < -0.39 is 10.2 Å². The molecule has 5 heteroatoms. The van der Waals surface area contributed by atoms with Crippen LogP contribution in [0.5, 0.6) is 0 Å². The second-order valence-electron chi connectivity index (χ2n) is 5.28. The van der Waals surface area contributed by atoms with E-state index in [0.717, 1.165) is 29.7 Å². The molecule has 1 aliphatic rings. The molecule has 0 saturated heterocycles. The normalized spacial score (nSPS) is 14.6. The maximum atomic E-state index is 12.6. The molecule has 0 atom stereocenters. The number of hydrogen-bond acceptors (Lipinski definition) is 2. The Morgan fingerprint density at radius 1 is 1.10 bits per heavy atom. The third-order valence-electron chi connectivity index (χ3n) is 3.62. The van der Waals surface area contributed by atoms with Crippen LogP contribution in [0.3, 0.4) is 0 Å². The monoisotopic (exact) mass is 302 g/mol. The Bertz CT molecular complexity index is 756. The average Bonchev–Trinajstić information content (AvgIpc) is 2.46. The summed E-state index contributed by atoms with van der Waals surface area (Å²) < 4.78 is 29.4. The largest absolute Gasteiger partial charge is 0.323 e. The first-order valence-electron chi connectivity index (χ1n) is 7.01. The Morgan fingerprint density at radius 2 is 1.90 bits per heavy atom. The number of rotatable bonds is 3. The van der Waals surface area contributed by atoms with Gasteiger partial charge in [-0.1, -0.05) is 30.3 Å². The SMILES string of the molecule is Cc1cccc(NS(=O)(=O)N2CCCc3ccccc32)c1. The molecule has 1 N–H and O–H groups in total. The quantitative estimate of drug-likeness (QED) is 0.947. The van der Waals surface area contributed by atoms with Crippen LogP contribution in [0.15, 0.2) is 48.5 Å². The predicted octanol–water partition coefficient (Wildman–Crippen LogP) is 3.10. The molecule has 2 aromatic carbocycles. The molecule has 1 heterocycles. The minimum absolute atomic E-state index is 0.512. The van der Waals surface area contributed by atoms with Crippen LogP contribution in [0, 0.1) is 6.92 Å². The van der Waals surface area contributed by atoms with Gasteiger partial charge >= 0.3 is 10.2 Å². The lowest BCUT2D eigenvalue weighted by Gasteiger charge is -2.30. The Morgan fingerprint density at radius 3 is 2.71 bits per heavy atom. The average molecular weight is 302 g/mol. The van der Waals surface area contributed by atoms with Crippen LogP contribution >= 0.6 is 0 Å². The number of nitrogens with one attached hydrogen (secondary N) is 1. The summed E-state index contributed by atoms with van der Waals surface area (Å²) in [5.74, 6) is 0. The summed E-state index contributed by atoms with van der Waals surface area (Å²) in [6.07, 6.45) is 1.76. The van der Waals surface area contributed by atoms with Gasteiger partial charge in [-0.3, -0.25) is 9.03 Å². The Balaban J connectivity index is 1.93. The summed E-state index contributed by atoms with van der Waals surface area (Å²) in [7, 11) is -3.58. The van der Waals surface area contributed by atoms with E-state index in [1.807, 2.05) is 49.4 Å². The van der Waals surface area contributed by atoms with Crippen molar-refractivity contribution >= 4 is 21.6 Å². The van der Waals surface area contributed by atoms with E-state index in [9.17, 15) is 8.42 Å². The van der Waals surface area contributed by atoms with Crippen LogP contribution in [0.4, 0.5) is 11.4 Å². The zero-order chi connectivity index (χ0) is 14.9. The minimum atomic E-state index is -3.58. The molecule has 21 heavy (non-hydrogen) atoms. The summed E-state index contributed by atoms with van der Waals surface area (Å²) in [6, 6.07) is 15.1. The molecule has 0 fully saturated rings. The van der Waals surface area contributed by atoms with Gasteiger partial charge in [-0.15, -0.1) is 0 Å². The Hall–Kier alpha value is -2.01. The fourth-order valence-corrected chi connectivity index (χ4v) is 4.00. The third-order valence-corrected chi connectivity index (χ3v) is 5.08. The van der Waals surface area contributed by atoms with Crippen LogP contribution < -0.4 is 9.03 Å². The lowest BCUT2D eigenvalue weighted by atomic mass is 10.0. The molecular weight excluding hydrogens is 284 g/mol. The fraction of sp³-hybridized carbons (Fsp3) is 0.250. The lowest BCUT2D eigenvalue weighted by molar-refractivity contribution is 0.592. The van der Waals surface area contributed by atoms with Gasteiger partial charge in [0.1, 0.15) is 0 Å². The second-order valence-corrected chi connectivity index (χ2v) is 6.88. The molecule has 110 valence electrons. The standard InChI is InChI=1S/C16H18N2O2S/c1-13-6-4-9-15(12-13)17-21(19,20)18-11-5-8-14-7-2-3-10-16(14)18/h2-4,6-7,9-10,12,17H,5,8,11H2,1H3. The van der Waals surface area contributed by atoms with Crippen LogP contribution in [-0.4, -0.2) is 15.0 Å². The molecule has 4 nitrogen and oxygen atoms in total. The molecule has 0 radical (unpaired) electrons.